The number of hydrogen-bond acceptors (Lipinski definition) is 0. The SMILES string of the molecule is CC(CC1=CC([Si](C)(C)C)c2cc3c(cc21)CCC3)c1ccccc1. The topological polar surface area (TPSA) is 0 Å². The highest BCUT2D eigenvalue weighted by Gasteiger charge is 2.35. The van der Waals surface area contributed by atoms with Crippen molar-refractivity contribution in [2.45, 2.75) is 63.7 Å². The molecule has 130 valence electrons. The van der Waals surface area contributed by atoms with E-state index in [4.69, 9.17) is 0 Å². The Morgan fingerprint density at radius 2 is 1.68 bits per heavy atom. The third-order valence-corrected chi connectivity index (χ3v) is 8.48. The highest BCUT2D eigenvalue weighted by Crippen LogP contribution is 2.46. The smallest absolute Gasteiger partial charge is 0.0566 e. The van der Waals surface area contributed by atoms with Crippen molar-refractivity contribution in [1.82, 2.24) is 0 Å². The Morgan fingerprint density at radius 1 is 1.00 bits per heavy atom. The van der Waals surface area contributed by atoms with Gasteiger partial charge in [0, 0.05) is 0 Å². The highest BCUT2D eigenvalue weighted by molar-refractivity contribution is 6.78. The van der Waals surface area contributed by atoms with Crippen molar-refractivity contribution in [1.29, 1.82) is 0 Å². The minimum Gasteiger partial charge on any atom is -0.0759 e. The molecule has 0 amide bonds. The van der Waals surface area contributed by atoms with E-state index in [1.165, 1.54) is 24.8 Å². The van der Waals surface area contributed by atoms with Gasteiger partial charge in [-0.25, -0.2) is 0 Å². The van der Waals surface area contributed by atoms with Gasteiger partial charge in [0.15, 0.2) is 0 Å². The van der Waals surface area contributed by atoms with Gasteiger partial charge in [0.2, 0.25) is 0 Å². The second-order valence-electron chi connectivity index (χ2n) is 9.11. The largest absolute Gasteiger partial charge is 0.0759 e. The Morgan fingerprint density at radius 3 is 2.36 bits per heavy atom. The Bertz CT molecular complexity index is 808. The summed E-state index contributed by atoms with van der Waals surface area (Å²) < 4.78 is 0. The number of fused-ring (bicyclic) bond motifs is 2. The molecule has 0 aliphatic heterocycles. The van der Waals surface area contributed by atoms with E-state index in [1.807, 2.05) is 0 Å². The number of aryl methyl sites for hydroxylation is 2. The fourth-order valence-corrected chi connectivity index (χ4v) is 6.56. The molecule has 0 saturated heterocycles. The average molecular weight is 347 g/mol. The Kier molecular flexibility index (Phi) is 4.23. The normalized spacial score (nSPS) is 20.2. The molecule has 25 heavy (non-hydrogen) atoms. The van der Waals surface area contributed by atoms with Crippen molar-refractivity contribution in [3.63, 3.8) is 0 Å². The van der Waals surface area contributed by atoms with Crippen LogP contribution in [0.25, 0.3) is 5.57 Å². The number of benzene rings is 2. The number of hydrogen-bond donors (Lipinski definition) is 0. The first-order valence-electron chi connectivity index (χ1n) is 9.85. The fourth-order valence-electron chi connectivity index (χ4n) is 4.68. The van der Waals surface area contributed by atoms with E-state index in [2.05, 4.69) is 75.1 Å². The van der Waals surface area contributed by atoms with E-state index in [9.17, 15) is 0 Å². The second kappa shape index (κ2) is 6.28. The van der Waals surface area contributed by atoms with Crippen LogP contribution in [0.2, 0.25) is 19.6 Å². The zero-order chi connectivity index (χ0) is 17.6. The van der Waals surface area contributed by atoms with Gasteiger partial charge < -0.3 is 0 Å². The molecule has 2 aromatic carbocycles. The molecule has 2 atom stereocenters. The maximum absolute atomic E-state index is 2.64. The molecule has 0 fully saturated rings. The molecule has 1 heteroatoms. The lowest BCUT2D eigenvalue weighted by atomic mass is 9.90. The molecule has 0 aromatic heterocycles. The first-order valence-corrected chi connectivity index (χ1v) is 13.4. The maximum atomic E-state index is 2.64. The molecular formula is C24H30Si. The summed E-state index contributed by atoms with van der Waals surface area (Å²) in [6.07, 6.45) is 7.72. The molecule has 0 bridgehead atoms. The second-order valence-corrected chi connectivity index (χ2v) is 14.5. The molecule has 0 N–H and O–H groups in total. The van der Waals surface area contributed by atoms with Gasteiger partial charge in [-0.2, -0.15) is 0 Å². The van der Waals surface area contributed by atoms with Gasteiger partial charge in [-0.1, -0.05) is 75.1 Å². The summed E-state index contributed by atoms with van der Waals surface area (Å²) in [6.45, 7) is 9.95. The number of allylic oxidation sites excluding steroid dienone is 2. The molecule has 0 radical (unpaired) electrons. The zero-order valence-corrected chi connectivity index (χ0v) is 17.1. The molecular weight excluding hydrogens is 316 g/mol. The van der Waals surface area contributed by atoms with E-state index in [0.717, 1.165) is 6.42 Å². The molecule has 4 rings (SSSR count). The van der Waals surface area contributed by atoms with Crippen LogP contribution in [-0.4, -0.2) is 8.07 Å². The van der Waals surface area contributed by atoms with Crippen LogP contribution in [0, 0.1) is 0 Å². The summed E-state index contributed by atoms with van der Waals surface area (Å²) in [5.74, 6) is 0.578. The van der Waals surface area contributed by atoms with Crippen molar-refractivity contribution in [2.75, 3.05) is 0 Å². The van der Waals surface area contributed by atoms with Crippen LogP contribution in [0.1, 0.15) is 59.0 Å². The lowest BCUT2D eigenvalue weighted by Crippen LogP contribution is -2.28. The van der Waals surface area contributed by atoms with Crippen LogP contribution in [0.4, 0.5) is 0 Å². The third-order valence-electron chi connectivity index (χ3n) is 6.14. The predicted molar refractivity (Wildman–Crippen MR) is 112 cm³/mol. The summed E-state index contributed by atoms with van der Waals surface area (Å²) >= 11 is 0. The average Bonchev–Trinajstić information content (AvgIpc) is 3.17. The summed E-state index contributed by atoms with van der Waals surface area (Å²) in [7, 11) is -1.26. The summed E-state index contributed by atoms with van der Waals surface area (Å²) in [6, 6.07) is 16.1. The molecule has 0 saturated carbocycles. The zero-order valence-electron chi connectivity index (χ0n) is 16.1. The number of rotatable bonds is 4. The van der Waals surface area contributed by atoms with Gasteiger partial charge in [0.25, 0.3) is 0 Å². The van der Waals surface area contributed by atoms with Crippen molar-refractivity contribution in [3.05, 3.63) is 76.4 Å². The monoisotopic (exact) mass is 346 g/mol. The van der Waals surface area contributed by atoms with Crippen molar-refractivity contribution in [2.24, 2.45) is 0 Å². The van der Waals surface area contributed by atoms with Gasteiger partial charge in [0.1, 0.15) is 0 Å². The quantitative estimate of drug-likeness (QED) is 0.539. The minimum atomic E-state index is -1.26. The summed E-state index contributed by atoms with van der Waals surface area (Å²) in [5.41, 5.74) is 10.2. The lowest BCUT2D eigenvalue weighted by molar-refractivity contribution is 0.792. The standard InChI is InChI=1S/C24H30Si/c1-17(18-9-6-5-7-10-18)13-21-16-24(25(2,3)4)23-15-20-12-8-11-19(20)14-22(21)23/h5-7,9-10,14-17,24H,8,11-13H2,1-4H3. The van der Waals surface area contributed by atoms with E-state index < -0.39 is 8.07 Å². The lowest BCUT2D eigenvalue weighted by Gasteiger charge is -2.25. The molecule has 0 heterocycles. The molecule has 2 unspecified atom stereocenters. The Balaban J connectivity index is 1.71. The highest BCUT2D eigenvalue weighted by atomic mass is 28.3. The van der Waals surface area contributed by atoms with Crippen molar-refractivity contribution < 1.29 is 0 Å². The van der Waals surface area contributed by atoms with Crippen LogP contribution in [-0.2, 0) is 12.8 Å². The third kappa shape index (κ3) is 3.15. The predicted octanol–water partition coefficient (Wildman–Crippen LogP) is 6.73. The molecule has 0 spiro atoms. The summed E-state index contributed by atoms with van der Waals surface area (Å²) in [5, 5.41) is 0. The molecule has 2 aliphatic carbocycles. The van der Waals surface area contributed by atoms with E-state index in [-0.39, 0.29) is 0 Å². The fraction of sp³-hybridized carbons (Fsp3) is 0.417. The maximum Gasteiger partial charge on any atom is 0.0566 e. The van der Waals surface area contributed by atoms with Crippen LogP contribution in [0.5, 0.6) is 0 Å². The Hall–Kier alpha value is -1.60. The van der Waals surface area contributed by atoms with Crippen LogP contribution >= 0.6 is 0 Å². The molecule has 0 nitrogen and oxygen atoms in total. The van der Waals surface area contributed by atoms with Gasteiger partial charge in [0.05, 0.1) is 8.07 Å². The molecule has 2 aromatic rings. The summed E-state index contributed by atoms with van der Waals surface area (Å²) in [4.78, 5) is 0. The van der Waals surface area contributed by atoms with Gasteiger partial charge in [-0.05, 0) is 70.5 Å². The van der Waals surface area contributed by atoms with Crippen LogP contribution < -0.4 is 0 Å². The van der Waals surface area contributed by atoms with E-state index >= 15 is 0 Å². The van der Waals surface area contributed by atoms with Crippen LogP contribution in [0.15, 0.2) is 48.5 Å². The van der Waals surface area contributed by atoms with Gasteiger partial charge >= 0.3 is 0 Å². The molecule has 2 aliphatic rings. The van der Waals surface area contributed by atoms with Gasteiger partial charge in [-0.15, -0.1) is 0 Å². The van der Waals surface area contributed by atoms with Gasteiger partial charge in [-0.3, -0.25) is 0 Å². The first kappa shape index (κ1) is 16.8. The van der Waals surface area contributed by atoms with Crippen LogP contribution in [0.3, 0.4) is 0 Å². The minimum absolute atomic E-state index is 0.578. The van der Waals surface area contributed by atoms with Crippen molar-refractivity contribution in [3.8, 4) is 0 Å². The van der Waals surface area contributed by atoms with Crippen molar-refractivity contribution >= 4 is 13.6 Å². The van der Waals surface area contributed by atoms with E-state index in [0.29, 0.717) is 11.5 Å². The van der Waals surface area contributed by atoms with E-state index in [1.54, 1.807) is 27.8 Å². The Labute approximate surface area is 154 Å². The first-order chi connectivity index (χ1) is 11.9.